The molecule has 126 valence electrons. The third-order valence-corrected chi connectivity index (χ3v) is 5.25. The average molecular weight is 371 g/mol. The molecule has 0 radical (unpaired) electrons. The number of carbonyl (C=O) groups is 3. The summed E-state index contributed by atoms with van der Waals surface area (Å²) in [6.45, 7) is -0.616. The van der Waals surface area contributed by atoms with Crippen molar-refractivity contribution in [1.82, 2.24) is 4.90 Å². The minimum atomic E-state index is -1.22. The smallest absolute Gasteiger partial charge is 0.323 e. The lowest BCUT2D eigenvalue weighted by atomic mass is 10.2. The molecular formula is C18H13NO4S2. The maximum atomic E-state index is 12.1. The Labute approximate surface area is 152 Å². The molecule has 3 rings (SSSR count). The maximum Gasteiger partial charge on any atom is 0.323 e. The monoisotopic (exact) mass is 371 g/mol. The van der Waals surface area contributed by atoms with Gasteiger partial charge in [-0.1, -0.05) is 42.1 Å². The van der Waals surface area contributed by atoms with Crippen LogP contribution in [0.4, 0.5) is 4.79 Å². The lowest BCUT2D eigenvalue weighted by molar-refractivity contribution is -0.140. The molecule has 1 heterocycles. The Balaban J connectivity index is 1.72. The topological polar surface area (TPSA) is 74.7 Å². The number of aliphatic carboxylic acids is 1. The molecule has 1 aliphatic rings. The van der Waals surface area contributed by atoms with Gasteiger partial charge in [0.05, 0.1) is 4.91 Å². The fourth-order valence-corrected chi connectivity index (χ4v) is 3.86. The van der Waals surface area contributed by atoms with Gasteiger partial charge in [-0.05, 0) is 47.7 Å². The molecule has 1 saturated heterocycles. The van der Waals surface area contributed by atoms with Crippen LogP contribution in [0, 0.1) is 0 Å². The van der Waals surface area contributed by atoms with Crippen molar-refractivity contribution in [3.05, 3.63) is 65.1 Å². The predicted octanol–water partition coefficient (Wildman–Crippen LogP) is 3.96. The van der Waals surface area contributed by atoms with Gasteiger partial charge in [-0.2, -0.15) is 0 Å². The predicted molar refractivity (Wildman–Crippen MR) is 97.3 cm³/mol. The summed E-state index contributed by atoms with van der Waals surface area (Å²) in [7, 11) is 0. The van der Waals surface area contributed by atoms with Crippen molar-refractivity contribution in [3.8, 4) is 0 Å². The molecule has 7 heteroatoms. The van der Waals surface area contributed by atoms with Crippen molar-refractivity contribution in [2.45, 2.75) is 9.79 Å². The third-order valence-electron chi connectivity index (χ3n) is 3.32. The number of imide groups is 1. The number of nitrogens with zero attached hydrogens (tertiary/aromatic N) is 1. The molecule has 0 aromatic heterocycles. The molecule has 2 aromatic rings. The molecule has 0 bridgehead atoms. The quantitative estimate of drug-likeness (QED) is 0.802. The number of hydrogen-bond acceptors (Lipinski definition) is 5. The molecule has 0 saturated carbocycles. The van der Waals surface area contributed by atoms with Gasteiger partial charge < -0.3 is 5.11 Å². The summed E-state index contributed by atoms with van der Waals surface area (Å²) in [5, 5.41) is 8.20. The zero-order valence-corrected chi connectivity index (χ0v) is 14.5. The Hall–Kier alpha value is -2.51. The highest BCUT2D eigenvalue weighted by Gasteiger charge is 2.36. The van der Waals surface area contributed by atoms with E-state index in [4.69, 9.17) is 5.11 Å². The number of amides is 2. The van der Waals surface area contributed by atoms with E-state index in [9.17, 15) is 14.4 Å². The van der Waals surface area contributed by atoms with E-state index >= 15 is 0 Å². The summed E-state index contributed by atoms with van der Waals surface area (Å²) in [5.74, 6) is -1.79. The second-order valence-electron chi connectivity index (χ2n) is 5.15. The largest absolute Gasteiger partial charge is 0.480 e. The Morgan fingerprint density at radius 2 is 1.68 bits per heavy atom. The molecule has 0 aliphatic carbocycles. The van der Waals surface area contributed by atoms with Crippen LogP contribution in [0.15, 0.2) is 69.3 Å². The van der Waals surface area contributed by atoms with Gasteiger partial charge in [0, 0.05) is 9.79 Å². The first-order valence-corrected chi connectivity index (χ1v) is 8.96. The van der Waals surface area contributed by atoms with Crippen LogP contribution >= 0.6 is 23.5 Å². The van der Waals surface area contributed by atoms with E-state index in [-0.39, 0.29) is 4.91 Å². The Bertz CT molecular complexity index is 847. The third kappa shape index (κ3) is 4.32. The summed E-state index contributed by atoms with van der Waals surface area (Å²) < 4.78 is 0. The van der Waals surface area contributed by atoms with Gasteiger partial charge in [0.15, 0.2) is 0 Å². The minimum Gasteiger partial charge on any atom is -0.480 e. The normalized spacial score (nSPS) is 15.8. The number of carbonyl (C=O) groups excluding carboxylic acids is 2. The van der Waals surface area contributed by atoms with Crippen LogP contribution in [-0.4, -0.2) is 33.7 Å². The van der Waals surface area contributed by atoms with E-state index in [0.717, 1.165) is 32.0 Å². The Kier molecular flexibility index (Phi) is 5.25. The molecule has 5 nitrogen and oxygen atoms in total. The zero-order valence-electron chi connectivity index (χ0n) is 12.9. The summed E-state index contributed by atoms with van der Waals surface area (Å²) in [6, 6.07) is 17.6. The standard InChI is InChI=1S/C18H13NO4S2/c20-16(21)11-19-17(22)15(25-18(19)23)10-12-6-8-14(9-7-12)24-13-4-2-1-3-5-13/h1-10H,11H2,(H,20,21)/b15-10+. The van der Waals surface area contributed by atoms with Crippen LogP contribution in [-0.2, 0) is 9.59 Å². The number of hydrogen-bond donors (Lipinski definition) is 1. The number of rotatable bonds is 5. The highest BCUT2D eigenvalue weighted by molar-refractivity contribution is 8.18. The van der Waals surface area contributed by atoms with Crippen LogP contribution in [0.25, 0.3) is 6.08 Å². The van der Waals surface area contributed by atoms with E-state index in [1.165, 1.54) is 0 Å². The fraction of sp³-hybridized carbons (Fsp3) is 0.0556. The van der Waals surface area contributed by atoms with E-state index in [0.29, 0.717) is 0 Å². The summed E-state index contributed by atoms with van der Waals surface area (Å²) >= 11 is 2.38. The van der Waals surface area contributed by atoms with E-state index in [1.54, 1.807) is 17.8 Å². The summed E-state index contributed by atoms with van der Waals surface area (Å²) in [4.78, 5) is 37.7. The van der Waals surface area contributed by atoms with Gasteiger partial charge in [-0.15, -0.1) is 0 Å². The zero-order chi connectivity index (χ0) is 17.8. The van der Waals surface area contributed by atoms with Crippen LogP contribution in [0.2, 0.25) is 0 Å². The van der Waals surface area contributed by atoms with Crippen LogP contribution in [0.3, 0.4) is 0 Å². The van der Waals surface area contributed by atoms with E-state index in [2.05, 4.69) is 0 Å². The number of benzene rings is 2. The first kappa shape index (κ1) is 17.3. The SMILES string of the molecule is O=C(O)CN1C(=O)S/C(=C/c2ccc(Sc3ccccc3)cc2)C1=O. The van der Waals surface area contributed by atoms with Crippen molar-refractivity contribution in [1.29, 1.82) is 0 Å². The van der Waals surface area contributed by atoms with Crippen molar-refractivity contribution in [2.75, 3.05) is 6.54 Å². The molecule has 1 fully saturated rings. The van der Waals surface area contributed by atoms with Crippen LogP contribution in [0.5, 0.6) is 0 Å². The minimum absolute atomic E-state index is 0.231. The summed E-state index contributed by atoms with van der Waals surface area (Å²) in [6.07, 6.45) is 1.60. The Morgan fingerprint density at radius 1 is 1.04 bits per heavy atom. The highest BCUT2D eigenvalue weighted by atomic mass is 32.2. The molecule has 25 heavy (non-hydrogen) atoms. The van der Waals surface area contributed by atoms with Crippen molar-refractivity contribution in [3.63, 3.8) is 0 Å². The van der Waals surface area contributed by atoms with Crippen LogP contribution < -0.4 is 0 Å². The van der Waals surface area contributed by atoms with Gasteiger partial charge in [-0.3, -0.25) is 19.3 Å². The highest BCUT2D eigenvalue weighted by Crippen LogP contribution is 2.33. The molecule has 2 aromatic carbocycles. The molecule has 0 unspecified atom stereocenters. The fourth-order valence-electron chi connectivity index (χ4n) is 2.18. The Morgan fingerprint density at radius 3 is 2.32 bits per heavy atom. The first-order valence-electron chi connectivity index (χ1n) is 7.33. The van der Waals surface area contributed by atoms with Crippen LogP contribution in [0.1, 0.15) is 5.56 Å². The number of thioether (sulfide) groups is 1. The van der Waals surface area contributed by atoms with Gasteiger partial charge in [0.1, 0.15) is 6.54 Å². The second kappa shape index (κ2) is 7.58. The van der Waals surface area contributed by atoms with Crippen molar-refractivity contribution in [2.24, 2.45) is 0 Å². The molecular weight excluding hydrogens is 358 g/mol. The van der Waals surface area contributed by atoms with E-state index in [1.807, 2.05) is 54.6 Å². The second-order valence-corrected chi connectivity index (χ2v) is 7.29. The van der Waals surface area contributed by atoms with Gasteiger partial charge >= 0.3 is 5.97 Å². The van der Waals surface area contributed by atoms with E-state index < -0.39 is 23.7 Å². The van der Waals surface area contributed by atoms with Gasteiger partial charge in [0.25, 0.3) is 11.1 Å². The average Bonchev–Trinajstić information content (AvgIpc) is 2.85. The summed E-state index contributed by atoms with van der Waals surface area (Å²) in [5.41, 5.74) is 0.776. The molecule has 0 spiro atoms. The molecule has 2 amide bonds. The van der Waals surface area contributed by atoms with Crippen molar-refractivity contribution < 1.29 is 19.5 Å². The van der Waals surface area contributed by atoms with Crippen molar-refractivity contribution >= 4 is 46.7 Å². The molecule has 1 aliphatic heterocycles. The lowest BCUT2D eigenvalue weighted by Crippen LogP contribution is -2.33. The molecule has 0 atom stereocenters. The number of carboxylic acid groups (broad SMARTS) is 1. The first-order chi connectivity index (χ1) is 12.0. The lowest BCUT2D eigenvalue weighted by Gasteiger charge is -2.07. The maximum absolute atomic E-state index is 12.1. The van der Waals surface area contributed by atoms with Gasteiger partial charge in [0.2, 0.25) is 0 Å². The molecule has 1 N–H and O–H groups in total. The number of carboxylic acids is 1. The van der Waals surface area contributed by atoms with Gasteiger partial charge in [-0.25, -0.2) is 0 Å².